The second-order valence-corrected chi connectivity index (χ2v) is 3.46. The molecule has 0 radical (unpaired) electrons. The zero-order valence-corrected chi connectivity index (χ0v) is 8.50. The number of rotatable bonds is 3. The van der Waals surface area contributed by atoms with E-state index in [2.05, 4.69) is 38.6 Å². The van der Waals surface area contributed by atoms with Crippen molar-refractivity contribution in [3.8, 4) is 5.75 Å². The lowest BCUT2D eigenvalue weighted by Gasteiger charge is -2.09. The Morgan fingerprint density at radius 2 is 2.08 bits per heavy atom. The van der Waals surface area contributed by atoms with Gasteiger partial charge in [0.25, 0.3) is 0 Å². The SMILES string of the molecule is C=COc1cc(C(C)C)ccc1C. The number of hydrogen-bond donors (Lipinski definition) is 0. The molecular formula is C12H16O. The summed E-state index contributed by atoms with van der Waals surface area (Å²) in [6.07, 6.45) is 1.46. The van der Waals surface area contributed by atoms with E-state index in [4.69, 9.17) is 4.74 Å². The molecule has 0 amide bonds. The van der Waals surface area contributed by atoms with E-state index in [9.17, 15) is 0 Å². The van der Waals surface area contributed by atoms with Gasteiger partial charge in [0.2, 0.25) is 0 Å². The van der Waals surface area contributed by atoms with E-state index >= 15 is 0 Å². The zero-order chi connectivity index (χ0) is 9.84. The van der Waals surface area contributed by atoms with E-state index in [-0.39, 0.29) is 0 Å². The first kappa shape index (κ1) is 9.85. The lowest BCUT2D eigenvalue weighted by Crippen LogP contribution is -1.91. The van der Waals surface area contributed by atoms with Gasteiger partial charge in [-0.05, 0) is 30.0 Å². The highest BCUT2D eigenvalue weighted by Crippen LogP contribution is 2.24. The van der Waals surface area contributed by atoms with Gasteiger partial charge in [-0.15, -0.1) is 0 Å². The molecule has 13 heavy (non-hydrogen) atoms. The predicted molar refractivity (Wildman–Crippen MR) is 56.1 cm³/mol. The van der Waals surface area contributed by atoms with Crippen molar-refractivity contribution < 1.29 is 4.74 Å². The summed E-state index contributed by atoms with van der Waals surface area (Å²) in [7, 11) is 0. The van der Waals surface area contributed by atoms with Crippen molar-refractivity contribution in [2.75, 3.05) is 0 Å². The summed E-state index contributed by atoms with van der Waals surface area (Å²) in [5.41, 5.74) is 2.44. The zero-order valence-electron chi connectivity index (χ0n) is 8.50. The summed E-state index contributed by atoms with van der Waals surface area (Å²) in [4.78, 5) is 0. The van der Waals surface area contributed by atoms with E-state index in [0.29, 0.717) is 5.92 Å². The van der Waals surface area contributed by atoms with E-state index in [0.717, 1.165) is 11.3 Å². The molecule has 0 aliphatic heterocycles. The maximum Gasteiger partial charge on any atom is 0.129 e. The van der Waals surface area contributed by atoms with Crippen molar-refractivity contribution in [2.24, 2.45) is 0 Å². The van der Waals surface area contributed by atoms with Gasteiger partial charge in [-0.2, -0.15) is 0 Å². The maximum absolute atomic E-state index is 5.29. The minimum atomic E-state index is 0.535. The molecule has 1 nitrogen and oxygen atoms in total. The van der Waals surface area contributed by atoms with Gasteiger partial charge < -0.3 is 4.74 Å². The third-order valence-electron chi connectivity index (χ3n) is 2.09. The molecule has 0 spiro atoms. The number of ether oxygens (including phenoxy) is 1. The average Bonchev–Trinajstić information content (AvgIpc) is 2.08. The van der Waals surface area contributed by atoms with Crippen LogP contribution >= 0.6 is 0 Å². The Balaban J connectivity index is 3.03. The van der Waals surface area contributed by atoms with Crippen LogP contribution in [0.25, 0.3) is 0 Å². The quantitative estimate of drug-likeness (QED) is 0.639. The highest BCUT2D eigenvalue weighted by atomic mass is 16.5. The fourth-order valence-corrected chi connectivity index (χ4v) is 1.19. The van der Waals surface area contributed by atoms with Gasteiger partial charge in [0.1, 0.15) is 5.75 Å². The average molecular weight is 176 g/mol. The minimum Gasteiger partial charge on any atom is -0.465 e. The van der Waals surface area contributed by atoms with Crippen LogP contribution in [0.2, 0.25) is 0 Å². The van der Waals surface area contributed by atoms with E-state index in [1.54, 1.807) is 0 Å². The van der Waals surface area contributed by atoms with Crippen LogP contribution < -0.4 is 4.74 Å². The molecule has 0 aliphatic carbocycles. The molecule has 0 unspecified atom stereocenters. The maximum atomic E-state index is 5.29. The predicted octanol–water partition coefficient (Wildman–Crippen LogP) is 3.64. The fourth-order valence-electron chi connectivity index (χ4n) is 1.19. The van der Waals surface area contributed by atoms with Gasteiger partial charge in [-0.3, -0.25) is 0 Å². The van der Waals surface area contributed by atoms with Crippen molar-refractivity contribution in [2.45, 2.75) is 26.7 Å². The van der Waals surface area contributed by atoms with Crippen molar-refractivity contribution in [1.82, 2.24) is 0 Å². The molecule has 0 atom stereocenters. The molecule has 0 saturated carbocycles. The van der Waals surface area contributed by atoms with Crippen LogP contribution in [-0.4, -0.2) is 0 Å². The molecule has 0 saturated heterocycles. The largest absolute Gasteiger partial charge is 0.465 e. The van der Waals surface area contributed by atoms with Gasteiger partial charge in [-0.1, -0.05) is 32.6 Å². The van der Waals surface area contributed by atoms with Crippen LogP contribution in [0.15, 0.2) is 31.0 Å². The van der Waals surface area contributed by atoms with Crippen molar-refractivity contribution in [3.05, 3.63) is 42.2 Å². The minimum absolute atomic E-state index is 0.535. The third kappa shape index (κ3) is 2.35. The summed E-state index contributed by atoms with van der Waals surface area (Å²) in [5.74, 6) is 1.44. The highest BCUT2D eigenvalue weighted by Gasteiger charge is 2.03. The standard InChI is InChI=1S/C12H16O/c1-5-13-12-8-11(9(2)3)7-6-10(12)4/h5-9H,1H2,2-4H3. The Morgan fingerprint density at radius 1 is 1.38 bits per heavy atom. The number of aryl methyl sites for hydroxylation is 1. The third-order valence-corrected chi connectivity index (χ3v) is 2.09. The Bertz CT molecular complexity index is 300. The smallest absolute Gasteiger partial charge is 0.129 e. The number of benzene rings is 1. The molecule has 1 rings (SSSR count). The Kier molecular flexibility index (Phi) is 3.13. The lowest BCUT2D eigenvalue weighted by atomic mass is 10.0. The van der Waals surface area contributed by atoms with Gasteiger partial charge >= 0.3 is 0 Å². The first-order valence-corrected chi connectivity index (χ1v) is 4.53. The molecule has 1 aromatic rings. The van der Waals surface area contributed by atoms with Crippen molar-refractivity contribution in [3.63, 3.8) is 0 Å². The molecule has 0 aliphatic rings. The van der Waals surface area contributed by atoms with Gasteiger partial charge in [0, 0.05) is 0 Å². The van der Waals surface area contributed by atoms with Gasteiger partial charge in [0.05, 0.1) is 6.26 Å². The van der Waals surface area contributed by atoms with Crippen LogP contribution in [0, 0.1) is 6.92 Å². The summed E-state index contributed by atoms with van der Waals surface area (Å²) in [6.45, 7) is 9.92. The van der Waals surface area contributed by atoms with Crippen molar-refractivity contribution in [1.29, 1.82) is 0 Å². The molecule has 0 N–H and O–H groups in total. The van der Waals surface area contributed by atoms with Gasteiger partial charge in [0.15, 0.2) is 0 Å². The number of hydrogen-bond acceptors (Lipinski definition) is 1. The van der Waals surface area contributed by atoms with Crippen LogP contribution in [-0.2, 0) is 0 Å². The molecule has 0 bridgehead atoms. The monoisotopic (exact) mass is 176 g/mol. The fraction of sp³-hybridized carbons (Fsp3) is 0.333. The molecule has 1 heteroatoms. The van der Waals surface area contributed by atoms with E-state index in [1.165, 1.54) is 11.8 Å². The second-order valence-electron chi connectivity index (χ2n) is 3.46. The summed E-state index contributed by atoms with van der Waals surface area (Å²) in [6, 6.07) is 6.28. The van der Waals surface area contributed by atoms with E-state index in [1.807, 2.05) is 6.92 Å². The topological polar surface area (TPSA) is 9.23 Å². The highest BCUT2D eigenvalue weighted by molar-refractivity contribution is 5.38. The molecule has 70 valence electrons. The Labute approximate surface area is 80.0 Å². The molecule has 1 aromatic carbocycles. The first-order valence-electron chi connectivity index (χ1n) is 4.53. The van der Waals surface area contributed by atoms with Crippen LogP contribution in [0.5, 0.6) is 5.75 Å². The van der Waals surface area contributed by atoms with Crippen LogP contribution in [0.4, 0.5) is 0 Å². The Morgan fingerprint density at radius 3 is 2.62 bits per heavy atom. The molecule has 0 fully saturated rings. The van der Waals surface area contributed by atoms with Gasteiger partial charge in [-0.25, -0.2) is 0 Å². The van der Waals surface area contributed by atoms with Crippen molar-refractivity contribution >= 4 is 0 Å². The Hall–Kier alpha value is -1.24. The molecule has 0 aromatic heterocycles. The van der Waals surface area contributed by atoms with Crippen LogP contribution in [0.1, 0.15) is 30.9 Å². The molecular weight excluding hydrogens is 160 g/mol. The normalized spacial score (nSPS) is 10.2. The second kappa shape index (κ2) is 4.13. The van der Waals surface area contributed by atoms with E-state index < -0.39 is 0 Å². The first-order chi connectivity index (χ1) is 6.15. The summed E-state index contributed by atoms with van der Waals surface area (Å²) in [5, 5.41) is 0. The summed E-state index contributed by atoms with van der Waals surface area (Å²) < 4.78 is 5.29. The molecule has 0 heterocycles. The van der Waals surface area contributed by atoms with Crippen LogP contribution in [0.3, 0.4) is 0 Å². The summed E-state index contributed by atoms with van der Waals surface area (Å²) >= 11 is 0. The lowest BCUT2D eigenvalue weighted by molar-refractivity contribution is 0.478.